The quantitative estimate of drug-likeness (QED) is 0.430. The van der Waals surface area contributed by atoms with Crippen LogP contribution in [0.5, 0.6) is 0 Å². The van der Waals surface area contributed by atoms with Crippen LogP contribution >= 0.6 is 27.7 Å². The lowest BCUT2D eigenvalue weighted by atomic mass is 10.2. The Balaban J connectivity index is 2.41. The molecular formula is C14H15BrN4OS. The lowest BCUT2D eigenvalue weighted by Crippen LogP contribution is -2.14. The fourth-order valence-corrected chi connectivity index (χ4v) is 3.57. The molecule has 0 aliphatic rings. The van der Waals surface area contributed by atoms with E-state index in [1.165, 1.54) is 17.8 Å². The first-order valence-electron chi connectivity index (χ1n) is 6.42. The van der Waals surface area contributed by atoms with Gasteiger partial charge >= 0.3 is 0 Å². The molecule has 4 N–H and O–H groups in total. The molecule has 110 valence electrons. The standard InChI is InChI=1S/C14H15BrN4OS/c1-2-4-8-7-11(20)19-14(18-8)21-10-6-3-5-9(15)12(10)13(16)17/h3,5-7H,2,4H2,1H3,(H3,16,17)(H,18,19,20). The molecule has 0 atom stereocenters. The second-order valence-electron chi connectivity index (χ2n) is 4.42. The van der Waals surface area contributed by atoms with Gasteiger partial charge in [0.25, 0.3) is 5.56 Å². The third-order valence-corrected chi connectivity index (χ3v) is 4.34. The molecule has 5 nitrogen and oxygen atoms in total. The van der Waals surface area contributed by atoms with Gasteiger partial charge in [-0.3, -0.25) is 10.2 Å². The molecule has 0 aliphatic heterocycles. The van der Waals surface area contributed by atoms with Gasteiger partial charge < -0.3 is 10.7 Å². The molecule has 0 amide bonds. The minimum Gasteiger partial charge on any atom is -0.384 e. The molecule has 0 aliphatic carbocycles. The summed E-state index contributed by atoms with van der Waals surface area (Å²) in [6.07, 6.45) is 1.69. The maximum Gasteiger partial charge on any atom is 0.251 e. The zero-order valence-electron chi connectivity index (χ0n) is 11.4. The van der Waals surface area contributed by atoms with Crippen LogP contribution in [0.25, 0.3) is 0 Å². The van der Waals surface area contributed by atoms with Crippen LogP contribution in [0.2, 0.25) is 0 Å². The van der Waals surface area contributed by atoms with Crippen LogP contribution in [0.3, 0.4) is 0 Å². The van der Waals surface area contributed by atoms with Gasteiger partial charge in [-0.25, -0.2) is 4.98 Å². The van der Waals surface area contributed by atoms with Crippen molar-refractivity contribution in [3.05, 3.63) is 50.3 Å². The fraction of sp³-hybridized carbons (Fsp3) is 0.214. The highest BCUT2D eigenvalue weighted by molar-refractivity contribution is 9.10. The maximum atomic E-state index is 11.7. The van der Waals surface area contributed by atoms with Crippen LogP contribution in [0.4, 0.5) is 0 Å². The number of H-pyrrole nitrogens is 1. The first-order chi connectivity index (χ1) is 10.0. The number of nitrogens with two attached hydrogens (primary N) is 1. The Morgan fingerprint density at radius 2 is 2.29 bits per heavy atom. The number of benzene rings is 1. The van der Waals surface area contributed by atoms with Gasteiger partial charge in [0.1, 0.15) is 5.84 Å². The smallest absolute Gasteiger partial charge is 0.251 e. The molecule has 2 aromatic rings. The van der Waals surface area contributed by atoms with E-state index in [1.807, 2.05) is 25.1 Å². The molecule has 0 unspecified atom stereocenters. The Morgan fingerprint density at radius 3 is 2.95 bits per heavy atom. The van der Waals surface area contributed by atoms with Crippen molar-refractivity contribution in [3.8, 4) is 0 Å². The van der Waals surface area contributed by atoms with Gasteiger partial charge in [0.2, 0.25) is 0 Å². The van der Waals surface area contributed by atoms with Crippen molar-refractivity contribution in [2.75, 3.05) is 0 Å². The molecule has 1 heterocycles. The lowest BCUT2D eigenvalue weighted by molar-refractivity contribution is 0.816. The minimum atomic E-state index is -0.171. The van der Waals surface area contributed by atoms with Crippen molar-refractivity contribution < 1.29 is 0 Å². The summed E-state index contributed by atoms with van der Waals surface area (Å²) in [5.74, 6) is -0.0305. The zero-order chi connectivity index (χ0) is 15.4. The number of aromatic nitrogens is 2. The number of hydrogen-bond acceptors (Lipinski definition) is 4. The fourth-order valence-electron chi connectivity index (χ4n) is 1.87. The molecule has 0 fully saturated rings. The SMILES string of the molecule is CCCc1cc(=O)[nH]c(Sc2cccc(Br)c2C(=N)N)n1. The van der Waals surface area contributed by atoms with Crippen molar-refractivity contribution in [1.82, 2.24) is 9.97 Å². The highest BCUT2D eigenvalue weighted by Gasteiger charge is 2.12. The van der Waals surface area contributed by atoms with Gasteiger partial charge in [0.05, 0.1) is 0 Å². The zero-order valence-corrected chi connectivity index (χ0v) is 13.8. The van der Waals surface area contributed by atoms with Gasteiger partial charge in [0.15, 0.2) is 5.16 Å². The van der Waals surface area contributed by atoms with Crippen LogP contribution in [-0.4, -0.2) is 15.8 Å². The van der Waals surface area contributed by atoms with Gasteiger partial charge in [-0.05, 0) is 34.5 Å². The van der Waals surface area contributed by atoms with Crippen LogP contribution in [0.1, 0.15) is 24.6 Å². The van der Waals surface area contributed by atoms with Crippen LogP contribution in [0.15, 0.2) is 43.6 Å². The third-order valence-electron chi connectivity index (χ3n) is 2.73. The highest BCUT2D eigenvalue weighted by Crippen LogP contribution is 2.31. The van der Waals surface area contributed by atoms with Gasteiger partial charge in [0, 0.05) is 26.7 Å². The Bertz CT molecular complexity index is 729. The summed E-state index contributed by atoms with van der Waals surface area (Å²) in [6.45, 7) is 2.04. The van der Waals surface area contributed by atoms with E-state index in [-0.39, 0.29) is 11.4 Å². The second-order valence-corrected chi connectivity index (χ2v) is 6.31. The van der Waals surface area contributed by atoms with Crippen LogP contribution < -0.4 is 11.3 Å². The summed E-state index contributed by atoms with van der Waals surface area (Å²) < 4.78 is 0.743. The van der Waals surface area contributed by atoms with Gasteiger partial charge in [-0.15, -0.1) is 0 Å². The van der Waals surface area contributed by atoms with E-state index in [9.17, 15) is 4.79 Å². The topological polar surface area (TPSA) is 95.6 Å². The monoisotopic (exact) mass is 366 g/mol. The van der Waals surface area contributed by atoms with Crippen molar-refractivity contribution >= 4 is 33.5 Å². The molecule has 21 heavy (non-hydrogen) atoms. The number of amidine groups is 1. The minimum absolute atomic E-state index is 0.0305. The average molecular weight is 367 g/mol. The predicted molar refractivity (Wildman–Crippen MR) is 88.1 cm³/mol. The van der Waals surface area contributed by atoms with E-state index in [4.69, 9.17) is 11.1 Å². The molecule has 0 radical (unpaired) electrons. The Hall–Kier alpha value is -1.60. The molecule has 0 saturated heterocycles. The van der Waals surface area contributed by atoms with E-state index in [2.05, 4.69) is 25.9 Å². The maximum absolute atomic E-state index is 11.7. The van der Waals surface area contributed by atoms with E-state index in [1.54, 1.807) is 0 Å². The molecule has 7 heteroatoms. The van der Waals surface area contributed by atoms with Crippen molar-refractivity contribution in [2.45, 2.75) is 29.8 Å². The number of hydrogen-bond donors (Lipinski definition) is 3. The molecule has 0 bridgehead atoms. The lowest BCUT2D eigenvalue weighted by Gasteiger charge is -2.09. The Labute approximate surface area is 135 Å². The number of aromatic amines is 1. The summed E-state index contributed by atoms with van der Waals surface area (Å²) in [5, 5.41) is 8.18. The van der Waals surface area contributed by atoms with Gasteiger partial charge in [-0.1, -0.05) is 31.2 Å². The molecule has 0 spiro atoms. The number of nitrogens with zero attached hydrogens (tertiary/aromatic N) is 1. The van der Waals surface area contributed by atoms with E-state index in [0.717, 1.165) is 27.9 Å². The summed E-state index contributed by atoms with van der Waals surface area (Å²) in [4.78, 5) is 19.6. The number of rotatable bonds is 5. The van der Waals surface area contributed by atoms with Crippen molar-refractivity contribution in [3.63, 3.8) is 0 Å². The second kappa shape index (κ2) is 6.91. The van der Waals surface area contributed by atoms with E-state index >= 15 is 0 Å². The number of nitrogens with one attached hydrogen (secondary N) is 2. The van der Waals surface area contributed by atoms with Crippen LogP contribution in [-0.2, 0) is 6.42 Å². The summed E-state index contributed by atoms with van der Waals surface area (Å²) in [5.41, 5.74) is 6.82. The van der Waals surface area contributed by atoms with Gasteiger partial charge in [-0.2, -0.15) is 0 Å². The largest absolute Gasteiger partial charge is 0.384 e. The Kier molecular flexibility index (Phi) is 5.19. The highest BCUT2D eigenvalue weighted by atomic mass is 79.9. The number of aryl methyl sites for hydroxylation is 1. The summed E-state index contributed by atoms with van der Waals surface area (Å²) in [6, 6.07) is 7.04. The van der Waals surface area contributed by atoms with Crippen molar-refractivity contribution in [2.24, 2.45) is 5.73 Å². The summed E-state index contributed by atoms with van der Waals surface area (Å²) in [7, 11) is 0. The normalized spacial score (nSPS) is 10.6. The van der Waals surface area contributed by atoms with Crippen LogP contribution in [0, 0.1) is 5.41 Å². The Morgan fingerprint density at radius 1 is 1.52 bits per heavy atom. The number of nitrogen functional groups attached to an aromatic ring is 1. The molecule has 0 saturated carbocycles. The first kappa shape index (κ1) is 15.8. The molecule has 1 aromatic heterocycles. The van der Waals surface area contributed by atoms with E-state index < -0.39 is 0 Å². The summed E-state index contributed by atoms with van der Waals surface area (Å²) >= 11 is 4.68. The average Bonchev–Trinajstić information content (AvgIpc) is 2.37. The van der Waals surface area contributed by atoms with Crippen molar-refractivity contribution in [1.29, 1.82) is 5.41 Å². The molecule has 2 rings (SSSR count). The first-order valence-corrected chi connectivity index (χ1v) is 8.03. The predicted octanol–water partition coefficient (Wildman–Crippen LogP) is 2.92. The molecule has 1 aromatic carbocycles. The van der Waals surface area contributed by atoms with E-state index in [0.29, 0.717) is 10.7 Å². The third kappa shape index (κ3) is 3.95. The number of halogens is 1. The molecular weight excluding hydrogens is 352 g/mol.